The summed E-state index contributed by atoms with van der Waals surface area (Å²) in [5, 5.41) is 3.31. The van der Waals surface area contributed by atoms with Gasteiger partial charge in [-0.1, -0.05) is 71.2 Å². The fourth-order valence-corrected chi connectivity index (χ4v) is 5.64. The van der Waals surface area contributed by atoms with Gasteiger partial charge in [0.1, 0.15) is 12.6 Å². The van der Waals surface area contributed by atoms with Gasteiger partial charge in [0, 0.05) is 18.1 Å². The van der Waals surface area contributed by atoms with Crippen LogP contribution >= 0.6 is 23.2 Å². The summed E-state index contributed by atoms with van der Waals surface area (Å²) in [6.07, 6.45) is 0. The van der Waals surface area contributed by atoms with Crippen LogP contribution in [0.25, 0.3) is 0 Å². The molecule has 0 heterocycles. The average molecular weight is 563 g/mol. The van der Waals surface area contributed by atoms with Crippen LogP contribution in [0.2, 0.25) is 10.0 Å². The highest BCUT2D eigenvalue weighted by Crippen LogP contribution is 2.31. The SMILES string of the molecule is CCNC(=O)C(C)N(Cc1ccccc1Cl)C(=O)CN(c1ccccc1Cl)S(=O)(=O)c1ccc(C)cc1. The molecule has 0 aliphatic carbocycles. The third-order valence-electron chi connectivity index (χ3n) is 5.83. The number of aryl methyl sites for hydroxylation is 1. The molecule has 10 heteroatoms. The van der Waals surface area contributed by atoms with E-state index < -0.39 is 28.5 Å². The molecule has 1 unspecified atom stereocenters. The van der Waals surface area contributed by atoms with Gasteiger partial charge in [0.15, 0.2) is 0 Å². The molecular weight excluding hydrogens is 533 g/mol. The number of sulfonamides is 1. The number of amides is 2. The van der Waals surface area contributed by atoms with Crippen LogP contribution in [0, 0.1) is 6.92 Å². The minimum atomic E-state index is -4.18. The fourth-order valence-electron chi connectivity index (χ4n) is 3.72. The van der Waals surface area contributed by atoms with Gasteiger partial charge in [-0.15, -0.1) is 0 Å². The predicted molar refractivity (Wildman–Crippen MR) is 147 cm³/mol. The number of likely N-dealkylation sites (N-methyl/N-ethyl adjacent to an activating group) is 1. The summed E-state index contributed by atoms with van der Waals surface area (Å²) in [6, 6.07) is 18.8. The summed E-state index contributed by atoms with van der Waals surface area (Å²) >= 11 is 12.7. The molecule has 196 valence electrons. The molecule has 3 aromatic rings. The van der Waals surface area contributed by atoms with E-state index in [2.05, 4.69) is 5.32 Å². The Hall–Kier alpha value is -3.07. The minimum absolute atomic E-state index is 0.0117. The molecule has 0 saturated heterocycles. The maximum atomic E-state index is 13.8. The first-order valence-electron chi connectivity index (χ1n) is 11.7. The van der Waals surface area contributed by atoms with Crippen LogP contribution in [-0.4, -0.2) is 44.3 Å². The summed E-state index contributed by atoms with van der Waals surface area (Å²) in [4.78, 5) is 27.9. The Kier molecular flexibility index (Phi) is 9.59. The number of nitrogens with one attached hydrogen (secondary N) is 1. The van der Waals surface area contributed by atoms with Crippen molar-refractivity contribution in [2.75, 3.05) is 17.4 Å². The molecule has 1 atom stereocenters. The van der Waals surface area contributed by atoms with Crippen LogP contribution in [0.15, 0.2) is 77.7 Å². The fraction of sp³-hybridized carbons (Fsp3) is 0.259. The number of para-hydroxylation sites is 1. The summed E-state index contributed by atoms with van der Waals surface area (Å²) < 4.78 is 28.5. The molecule has 1 N–H and O–H groups in total. The second-order valence-corrected chi connectivity index (χ2v) is 11.1. The van der Waals surface area contributed by atoms with Gasteiger partial charge < -0.3 is 10.2 Å². The van der Waals surface area contributed by atoms with Crippen LogP contribution in [0.1, 0.15) is 25.0 Å². The molecular formula is C27H29Cl2N3O4S. The van der Waals surface area contributed by atoms with E-state index in [-0.39, 0.29) is 28.1 Å². The first kappa shape index (κ1) is 28.5. The monoisotopic (exact) mass is 561 g/mol. The van der Waals surface area contributed by atoms with Crippen LogP contribution < -0.4 is 9.62 Å². The average Bonchev–Trinajstić information content (AvgIpc) is 2.87. The Morgan fingerprint density at radius 3 is 2.11 bits per heavy atom. The Balaban J connectivity index is 2.05. The molecule has 37 heavy (non-hydrogen) atoms. The van der Waals surface area contributed by atoms with E-state index in [4.69, 9.17) is 23.2 Å². The van der Waals surface area contributed by atoms with E-state index in [1.54, 1.807) is 68.4 Å². The molecule has 3 rings (SSSR count). The van der Waals surface area contributed by atoms with Crippen molar-refractivity contribution in [3.8, 4) is 0 Å². The second kappa shape index (κ2) is 12.4. The molecule has 0 aliphatic rings. The predicted octanol–water partition coefficient (Wildman–Crippen LogP) is 5.05. The topological polar surface area (TPSA) is 86.8 Å². The minimum Gasteiger partial charge on any atom is -0.355 e. The number of hydrogen-bond acceptors (Lipinski definition) is 4. The Labute approximate surface area is 228 Å². The van der Waals surface area contributed by atoms with Crippen molar-refractivity contribution >= 4 is 50.7 Å². The first-order chi connectivity index (χ1) is 17.6. The second-order valence-electron chi connectivity index (χ2n) is 8.46. The van der Waals surface area contributed by atoms with E-state index in [1.807, 2.05) is 6.92 Å². The Morgan fingerprint density at radius 1 is 0.919 bits per heavy atom. The molecule has 3 aromatic carbocycles. The first-order valence-corrected chi connectivity index (χ1v) is 13.9. The zero-order valence-corrected chi connectivity index (χ0v) is 23.1. The third-order valence-corrected chi connectivity index (χ3v) is 8.29. The van der Waals surface area contributed by atoms with E-state index in [0.717, 1.165) is 9.87 Å². The van der Waals surface area contributed by atoms with Gasteiger partial charge >= 0.3 is 0 Å². The highest BCUT2D eigenvalue weighted by molar-refractivity contribution is 7.92. The van der Waals surface area contributed by atoms with E-state index in [0.29, 0.717) is 17.1 Å². The number of carbonyl (C=O) groups excluding carboxylic acids is 2. The lowest BCUT2D eigenvalue weighted by atomic mass is 10.1. The van der Waals surface area contributed by atoms with Gasteiger partial charge in [0.25, 0.3) is 10.0 Å². The van der Waals surface area contributed by atoms with Gasteiger partial charge in [0.05, 0.1) is 15.6 Å². The smallest absolute Gasteiger partial charge is 0.264 e. The number of halogens is 2. The van der Waals surface area contributed by atoms with Crippen molar-refractivity contribution in [1.29, 1.82) is 0 Å². The summed E-state index contributed by atoms with van der Waals surface area (Å²) in [7, 11) is -4.18. The van der Waals surface area contributed by atoms with E-state index in [9.17, 15) is 18.0 Å². The molecule has 0 spiro atoms. The van der Waals surface area contributed by atoms with Crippen molar-refractivity contribution in [3.63, 3.8) is 0 Å². The quantitative estimate of drug-likeness (QED) is 0.375. The highest BCUT2D eigenvalue weighted by Gasteiger charge is 2.33. The van der Waals surface area contributed by atoms with Gasteiger partial charge in [-0.25, -0.2) is 8.42 Å². The molecule has 0 aliphatic heterocycles. The summed E-state index contributed by atoms with van der Waals surface area (Å²) in [5.41, 5.74) is 1.67. The zero-order chi connectivity index (χ0) is 27.2. The van der Waals surface area contributed by atoms with Crippen molar-refractivity contribution in [1.82, 2.24) is 10.2 Å². The maximum Gasteiger partial charge on any atom is 0.264 e. The van der Waals surface area contributed by atoms with Gasteiger partial charge in [0.2, 0.25) is 11.8 Å². The summed E-state index contributed by atoms with van der Waals surface area (Å²) in [5.74, 6) is -0.956. The number of nitrogens with zero attached hydrogens (tertiary/aromatic N) is 2. The van der Waals surface area contributed by atoms with Crippen molar-refractivity contribution in [3.05, 3.63) is 94.0 Å². The lowest BCUT2D eigenvalue weighted by Gasteiger charge is -2.32. The third kappa shape index (κ3) is 6.83. The van der Waals surface area contributed by atoms with Gasteiger partial charge in [-0.3, -0.25) is 13.9 Å². The number of carbonyl (C=O) groups is 2. The van der Waals surface area contributed by atoms with Gasteiger partial charge in [-0.05, 0) is 56.7 Å². The number of anilines is 1. The molecule has 0 saturated carbocycles. The molecule has 0 aromatic heterocycles. The number of hydrogen-bond donors (Lipinski definition) is 1. The lowest BCUT2D eigenvalue weighted by molar-refractivity contribution is -0.139. The van der Waals surface area contributed by atoms with E-state index >= 15 is 0 Å². The van der Waals surface area contributed by atoms with Crippen molar-refractivity contribution in [2.24, 2.45) is 0 Å². The highest BCUT2D eigenvalue weighted by atomic mass is 35.5. The largest absolute Gasteiger partial charge is 0.355 e. The molecule has 7 nitrogen and oxygen atoms in total. The Morgan fingerprint density at radius 2 is 1.51 bits per heavy atom. The standard InChI is InChI=1S/C27H29Cl2N3O4S/c1-4-30-27(34)20(3)31(17-21-9-5-6-10-23(21)28)26(33)18-32(25-12-8-7-11-24(25)29)37(35,36)22-15-13-19(2)14-16-22/h5-16,20H,4,17-18H2,1-3H3,(H,30,34). The zero-order valence-electron chi connectivity index (χ0n) is 20.8. The number of rotatable bonds is 10. The van der Waals surface area contributed by atoms with Crippen molar-refractivity contribution < 1.29 is 18.0 Å². The summed E-state index contributed by atoms with van der Waals surface area (Å²) in [6.45, 7) is 5.03. The van der Waals surface area contributed by atoms with Crippen molar-refractivity contribution in [2.45, 2.75) is 38.3 Å². The molecule has 0 radical (unpaired) electrons. The van der Waals surface area contributed by atoms with Crippen LogP contribution in [-0.2, 0) is 26.2 Å². The Bertz CT molecular complexity index is 1360. The van der Waals surface area contributed by atoms with Crippen LogP contribution in [0.3, 0.4) is 0 Å². The lowest BCUT2D eigenvalue weighted by Crippen LogP contribution is -2.51. The molecule has 0 fully saturated rings. The molecule has 0 bridgehead atoms. The van der Waals surface area contributed by atoms with Crippen LogP contribution in [0.4, 0.5) is 5.69 Å². The normalized spacial score (nSPS) is 12.0. The number of benzene rings is 3. The van der Waals surface area contributed by atoms with Gasteiger partial charge in [-0.2, -0.15) is 0 Å². The molecule has 2 amide bonds. The van der Waals surface area contributed by atoms with E-state index in [1.165, 1.54) is 23.1 Å². The maximum absolute atomic E-state index is 13.8. The van der Waals surface area contributed by atoms with Crippen LogP contribution in [0.5, 0.6) is 0 Å².